The van der Waals surface area contributed by atoms with Crippen molar-refractivity contribution in [2.75, 3.05) is 42.1 Å². The van der Waals surface area contributed by atoms with Crippen LogP contribution in [0.5, 0.6) is 28.7 Å². The van der Waals surface area contributed by atoms with Crippen LogP contribution in [-0.4, -0.2) is 58.1 Å². The van der Waals surface area contributed by atoms with Crippen molar-refractivity contribution in [3.05, 3.63) is 41.6 Å². The Hall–Kier alpha value is -3.59. The normalized spacial score (nSPS) is 11.7. The third-order valence-electron chi connectivity index (χ3n) is 4.94. The van der Waals surface area contributed by atoms with Crippen LogP contribution in [0.3, 0.4) is 0 Å². The highest BCUT2D eigenvalue weighted by molar-refractivity contribution is 6.02. The Morgan fingerprint density at radius 3 is 2.26 bits per heavy atom. The SMILES string of the molecule is COc1ccc(OC)c(C(O)CNC(=O)c2cc3c(OC)cc(OC)c(OC)c3[nH]2)c1. The molecule has 31 heavy (non-hydrogen) atoms. The van der Waals surface area contributed by atoms with E-state index in [0.29, 0.717) is 45.2 Å². The molecule has 1 aromatic heterocycles. The van der Waals surface area contributed by atoms with E-state index in [9.17, 15) is 9.90 Å². The van der Waals surface area contributed by atoms with Crippen molar-refractivity contribution in [1.29, 1.82) is 0 Å². The zero-order valence-electron chi connectivity index (χ0n) is 18.1. The van der Waals surface area contributed by atoms with Crippen LogP contribution in [0.15, 0.2) is 30.3 Å². The Bertz CT molecular complexity index is 1080. The molecule has 0 fully saturated rings. The Balaban J connectivity index is 1.84. The van der Waals surface area contributed by atoms with Crippen molar-refractivity contribution in [2.45, 2.75) is 6.10 Å². The van der Waals surface area contributed by atoms with Crippen molar-refractivity contribution in [3.8, 4) is 28.7 Å². The second kappa shape index (κ2) is 9.48. The first-order chi connectivity index (χ1) is 15.0. The van der Waals surface area contributed by atoms with Crippen molar-refractivity contribution in [3.63, 3.8) is 0 Å². The number of ether oxygens (including phenoxy) is 5. The van der Waals surface area contributed by atoms with Crippen LogP contribution in [0.2, 0.25) is 0 Å². The third kappa shape index (κ3) is 4.31. The van der Waals surface area contributed by atoms with Crippen LogP contribution in [0.4, 0.5) is 0 Å². The van der Waals surface area contributed by atoms with Gasteiger partial charge in [-0.05, 0) is 24.3 Å². The molecular weight excluding hydrogens is 404 g/mol. The highest BCUT2D eigenvalue weighted by Crippen LogP contribution is 2.41. The number of hydrogen-bond donors (Lipinski definition) is 3. The quantitative estimate of drug-likeness (QED) is 0.479. The van der Waals surface area contributed by atoms with Gasteiger partial charge < -0.3 is 39.1 Å². The number of benzene rings is 2. The molecule has 0 aliphatic rings. The molecule has 1 amide bonds. The van der Waals surface area contributed by atoms with Crippen LogP contribution in [-0.2, 0) is 0 Å². The summed E-state index contributed by atoms with van der Waals surface area (Å²) in [6.07, 6.45) is -0.998. The van der Waals surface area contributed by atoms with Gasteiger partial charge in [-0.15, -0.1) is 0 Å². The summed E-state index contributed by atoms with van der Waals surface area (Å²) in [5.41, 5.74) is 1.36. The maximum Gasteiger partial charge on any atom is 0.267 e. The maximum atomic E-state index is 12.8. The van der Waals surface area contributed by atoms with Crippen LogP contribution in [0.25, 0.3) is 10.9 Å². The average molecular weight is 430 g/mol. The number of carbonyl (C=O) groups excluding carboxylic acids is 1. The summed E-state index contributed by atoms with van der Waals surface area (Å²) in [4.78, 5) is 15.8. The van der Waals surface area contributed by atoms with Gasteiger partial charge in [0.05, 0.1) is 41.1 Å². The molecule has 9 nitrogen and oxygen atoms in total. The van der Waals surface area contributed by atoms with Gasteiger partial charge in [0.15, 0.2) is 11.5 Å². The zero-order valence-corrected chi connectivity index (χ0v) is 18.1. The topological polar surface area (TPSA) is 111 Å². The second-order valence-electron chi connectivity index (χ2n) is 6.62. The number of H-pyrrole nitrogens is 1. The minimum Gasteiger partial charge on any atom is -0.497 e. The summed E-state index contributed by atoms with van der Waals surface area (Å²) in [6.45, 7) is -0.0324. The summed E-state index contributed by atoms with van der Waals surface area (Å²) < 4.78 is 26.7. The van der Waals surface area contributed by atoms with Crippen molar-refractivity contribution < 1.29 is 33.6 Å². The highest BCUT2D eigenvalue weighted by atomic mass is 16.5. The molecule has 2 aromatic carbocycles. The smallest absolute Gasteiger partial charge is 0.267 e. The first-order valence-corrected chi connectivity index (χ1v) is 9.47. The van der Waals surface area contributed by atoms with E-state index in [1.807, 2.05) is 0 Å². The monoisotopic (exact) mass is 430 g/mol. The Morgan fingerprint density at radius 1 is 0.935 bits per heavy atom. The number of rotatable bonds is 9. The van der Waals surface area contributed by atoms with Crippen LogP contribution >= 0.6 is 0 Å². The fraction of sp³-hybridized carbons (Fsp3) is 0.318. The third-order valence-corrected chi connectivity index (χ3v) is 4.94. The Kier molecular flexibility index (Phi) is 6.76. The maximum absolute atomic E-state index is 12.8. The predicted octanol–water partition coefficient (Wildman–Crippen LogP) is 2.67. The summed E-state index contributed by atoms with van der Waals surface area (Å²) in [7, 11) is 7.62. The minimum atomic E-state index is -0.998. The van der Waals surface area contributed by atoms with Gasteiger partial charge in [-0.2, -0.15) is 0 Å². The molecule has 166 valence electrons. The molecule has 1 atom stereocenters. The van der Waals surface area contributed by atoms with Crippen LogP contribution in [0.1, 0.15) is 22.2 Å². The summed E-state index contributed by atoms with van der Waals surface area (Å²) in [5.74, 6) is 2.13. The molecular formula is C22H26N2O7. The summed E-state index contributed by atoms with van der Waals surface area (Å²) in [5, 5.41) is 14.0. The number of aliphatic hydroxyl groups is 1. The minimum absolute atomic E-state index is 0.0324. The summed E-state index contributed by atoms with van der Waals surface area (Å²) >= 11 is 0. The van der Waals surface area contributed by atoms with Gasteiger partial charge in [-0.3, -0.25) is 4.79 Å². The van der Waals surface area contributed by atoms with E-state index in [0.717, 1.165) is 0 Å². The lowest BCUT2D eigenvalue weighted by molar-refractivity contribution is 0.0910. The number of fused-ring (bicyclic) bond motifs is 1. The lowest BCUT2D eigenvalue weighted by Gasteiger charge is -2.16. The molecule has 0 bridgehead atoms. The summed E-state index contributed by atoms with van der Waals surface area (Å²) in [6, 6.07) is 8.44. The molecule has 0 aliphatic heterocycles. The number of aromatic amines is 1. The molecule has 1 heterocycles. The van der Waals surface area contributed by atoms with E-state index in [2.05, 4.69) is 10.3 Å². The number of methoxy groups -OCH3 is 5. The number of carbonyl (C=O) groups is 1. The molecule has 0 aliphatic carbocycles. The van der Waals surface area contributed by atoms with E-state index in [4.69, 9.17) is 23.7 Å². The lowest BCUT2D eigenvalue weighted by Crippen LogP contribution is -2.28. The fourth-order valence-electron chi connectivity index (χ4n) is 3.35. The van der Waals surface area contributed by atoms with Crippen LogP contribution < -0.4 is 29.0 Å². The van der Waals surface area contributed by atoms with Gasteiger partial charge in [0.2, 0.25) is 0 Å². The molecule has 0 radical (unpaired) electrons. The fourth-order valence-corrected chi connectivity index (χ4v) is 3.35. The molecule has 0 spiro atoms. The van der Waals surface area contributed by atoms with Crippen molar-refractivity contribution in [1.82, 2.24) is 10.3 Å². The van der Waals surface area contributed by atoms with E-state index >= 15 is 0 Å². The predicted molar refractivity (Wildman–Crippen MR) is 115 cm³/mol. The number of aromatic nitrogens is 1. The molecule has 9 heteroatoms. The second-order valence-corrected chi connectivity index (χ2v) is 6.62. The Morgan fingerprint density at radius 2 is 1.65 bits per heavy atom. The first kappa shape index (κ1) is 22.1. The standard InChI is InChI=1S/C22H26N2O7/c1-27-12-6-7-17(28-2)13(8-12)16(25)11-23-22(26)15-9-14-18(29-3)10-19(30-4)21(31-5)20(14)24-15/h6-10,16,24-25H,11H2,1-5H3,(H,23,26). The van der Waals surface area contributed by atoms with E-state index in [-0.39, 0.29) is 12.2 Å². The number of hydrogen-bond acceptors (Lipinski definition) is 7. The highest BCUT2D eigenvalue weighted by Gasteiger charge is 2.21. The van der Waals surface area contributed by atoms with Gasteiger partial charge in [0, 0.05) is 23.6 Å². The van der Waals surface area contributed by atoms with Gasteiger partial charge in [0.25, 0.3) is 5.91 Å². The molecule has 1 unspecified atom stereocenters. The number of aliphatic hydroxyl groups excluding tert-OH is 1. The Labute approximate surface area is 179 Å². The largest absolute Gasteiger partial charge is 0.497 e. The van der Waals surface area contributed by atoms with Crippen LogP contribution in [0, 0.1) is 0 Å². The number of nitrogens with one attached hydrogen (secondary N) is 2. The molecule has 0 saturated heterocycles. The lowest BCUT2D eigenvalue weighted by atomic mass is 10.1. The van der Waals surface area contributed by atoms with Gasteiger partial charge in [-0.1, -0.05) is 0 Å². The van der Waals surface area contributed by atoms with Gasteiger partial charge in [-0.25, -0.2) is 0 Å². The van der Waals surface area contributed by atoms with Gasteiger partial charge >= 0.3 is 0 Å². The van der Waals surface area contributed by atoms with Crippen molar-refractivity contribution in [2.24, 2.45) is 0 Å². The molecule has 3 rings (SSSR count). The average Bonchev–Trinajstić information content (AvgIpc) is 3.26. The van der Waals surface area contributed by atoms with E-state index in [1.165, 1.54) is 35.5 Å². The molecule has 0 saturated carbocycles. The first-order valence-electron chi connectivity index (χ1n) is 9.47. The van der Waals surface area contributed by atoms with Crippen molar-refractivity contribution >= 4 is 16.8 Å². The number of amides is 1. The molecule has 3 aromatic rings. The zero-order chi connectivity index (χ0) is 22.5. The van der Waals surface area contributed by atoms with Gasteiger partial charge in [0.1, 0.15) is 29.0 Å². The van der Waals surface area contributed by atoms with E-state index < -0.39 is 12.0 Å². The molecule has 3 N–H and O–H groups in total. The van der Waals surface area contributed by atoms with E-state index in [1.54, 1.807) is 30.3 Å².